The highest BCUT2D eigenvalue weighted by Crippen LogP contribution is 2.19. The highest BCUT2D eigenvalue weighted by atomic mass is 79.9. The van der Waals surface area contributed by atoms with E-state index in [1.54, 1.807) is 6.07 Å². The van der Waals surface area contributed by atoms with Gasteiger partial charge in [0.2, 0.25) is 0 Å². The first-order chi connectivity index (χ1) is 6.69. The fourth-order valence-electron chi connectivity index (χ4n) is 1.30. The standard InChI is InChI=1S/C11H12BrClO/c1-2-3-8-4-5-9(10(13)6-8)11(14)7-12/h4-6H,2-3,7H2,1H3. The number of alkyl halides is 1. The summed E-state index contributed by atoms with van der Waals surface area (Å²) in [7, 11) is 0. The van der Waals surface area contributed by atoms with E-state index < -0.39 is 0 Å². The molecule has 0 bridgehead atoms. The van der Waals surface area contributed by atoms with E-state index in [1.807, 2.05) is 12.1 Å². The SMILES string of the molecule is CCCc1ccc(C(=O)CBr)c(Cl)c1. The van der Waals surface area contributed by atoms with Crippen LogP contribution in [0.25, 0.3) is 0 Å². The first-order valence-corrected chi connectivity index (χ1v) is 6.06. The van der Waals surface area contributed by atoms with Crippen LogP contribution in [-0.2, 0) is 6.42 Å². The Hall–Kier alpha value is -0.340. The maximum atomic E-state index is 11.4. The van der Waals surface area contributed by atoms with Crippen molar-refractivity contribution in [1.82, 2.24) is 0 Å². The van der Waals surface area contributed by atoms with E-state index in [4.69, 9.17) is 11.6 Å². The molecule has 0 unspecified atom stereocenters. The molecule has 0 spiro atoms. The van der Waals surface area contributed by atoms with Gasteiger partial charge in [-0.3, -0.25) is 4.79 Å². The van der Waals surface area contributed by atoms with Crippen LogP contribution in [0.2, 0.25) is 5.02 Å². The van der Waals surface area contributed by atoms with Crippen LogP contribution in [0.4, 0.5) is 0 Å². The third-order valence-corrected chi connectivity index (χ3v) is 2.82. The molecule has 0 aromatic heterocycles. The molecule has 1 rings (SSSR count). The van der Waals surface area contributed by atoms with Gasteiger partial charge in [0.15, 0.2) is 5.78 Å². The minimum Gasteiger partial charge on any atom is -0.293 e. The van der Waals surface area contributed by atoms with Crippen LogP contribution < -0.4 is 0 Å². The lowest BCUT2D eigenvalue weighted by molar-refractivity contribution is 0.102. The molecular weight excluding hydrogens is 263 g/mol. The van der Waals surface area contributed by atoms with Crippen molar-refractivity contribution in [2.24, 2.45) is 0 Å². The minimum atomic E-state index is 0.0260. The van der Waals surface area contributed by atoms with Crippen LogP contribution in [0.5, 0.6) is 0 Å². The fourth-order valence-corrected chi connectivity index (χ4v) is 1.91. The van der Waals surface area contributed by atoms with Gasteiger partial charge in [-0.15, -0.1) is 0 Å². The molecule has 0 amide bonds. The predicted octanol–water partition coefficient (Wildman–Crippen LogP) is 3.87. The van der Waals surface area contributed by atoms with Crippen molar-refractivity contribution in [3.63, 3.8) is 0 Å². The summed E-state index contributed by atoms with van der Waals surface area (Å²) in [5.74, 6) is 0.0260. The van der Waals surface area contributed by atoms with E-state index in [0.717, 1.165) is 12.8 Å². The molecule has 0 aliphatic carbocycles. The van der Waals surface area contributed by atoms with Crippen molar-refractivity contribution in [1.29, 1.82) is 0 Å². The summed E-state index contributed by atoms with van der Waals surface area (Å²) in [4.78, 5) is 11.4. The second-order valence-electron chi connectivity index (χ2n) is 3.12. The van der Waals surface area contributed by atoms with Gasteiger partial charge < -0.3 is 0 Å². The third-order valence-electron chi connectivity index (χ3n) is 1.99. The molecule has 3 heteroatoms. The maximum Gasteiger partial charge on any atom is 0.174 e. The number of Topliss-reactive ketones (excluding diaryl/α,β-unsaturated/α-hetero) is 1. The summed E-state index contributed by atoms with van der Waals surface area (Å²) in [5, 5.41) is 0.875. The van der Waals surface area contributed by atoms with E-state index >= 15 is 0 Å². The summed E-state index contributed by atoms with van der Waals surface area (Å²) < 4.78 is 0. The van der Waals surface area contributed by atoms with Crippen molar-refractivity contribution >= 4 is 33.3 Å². The van der Waals surface area contributed by atoms with E-state index in [0.29, 0.717) is 15.9 Å². The number of ketones is 1. The molecule has 0 N–H and O–H groups in total. The Morgan fingerprint density at radius 2 is 2.21 bits per heavy atom. The summed E-state index contributed by atoms with van der Waals surface area (Å²) in [6, 6.07) is 5.64. The first kappa shape index (κ1) is 11.7. The highest BCUT2D eigenvalue weighted by molar-refractivity contribution is 9.09. The lowest BCUT2D eigenvalue weighted by atomic mass is 10.1. The van der Waals surface area contributed by atoms with Crippen molar-refractivity contribution in [2.75, 3.05) is 5.33 Å². The highest BCUT2D eigenvalue weighted by Gasteiger charge is 2.08. The Bertz CT molecular complexity index is 336. The van der Waals surface area contributed by atoms with Crippen LogP contribution in [0.15, 0.2) is 18.2 Å². The average Bonchev–Trinajstić information content (AvgIpc) is 2.17. The largest absolute Gasteiger partial charge is 0.293 e. The van der Waals surface area contributed by atoms with Crippen molar-refractivity contribution in [2.45, 2.75) is 19.8 Å². The molecule has 0 aliphatic heterocycles. The van der Waals surface area contributed by atoms with Crippen LogP contribution in [0.1, 0.15) is 29.3 Å². The lowest BCUT2D eigenvalue weighted by Crippen LogP contribution is -2.01. The molecule has 76 valence electrons. The molecule has 0 saturated carbocycles. The summed E-state index contributed by atoms with van der Waals surface area (Å²) in [6.45, 7) is 2.12. The number of aryl methyl sites for hydroxylation is 1. The van der Waals surface area contributed by atoms with Gasteiger partial charge in [-0.05, 0) is 24.1 Å². The molecule has 0 radical (unpaired) electrons. The van der Waals surface area contributed by atoms with Crippen LogP contribution in [0, 0.1) is 0 Å². The third kappa shape index (κ3) is 2.82. The van der Waals surface area contributed by atoms with Gasteiger partial charge in [-0.25, -0.2) is 0 Å². The normalized spacial score (nSPS) is 10.2. The number of halogens is 2. The Kier molecular flexibility index (Phi) is 4.63. The summed E-state index contributed by atoms with van der Waals surface area (Å²) >= 11 is 9.12. The molecule has 0 saturated heterocycles. The number of hydrogen-bond donors (Lipinski definition) is 0. The zero-order valence-electron chi connectivity index (χ0n) is 8.02. The van der Waals surface area contributed by atoms with Crippen LogP contribution in [0.3, 0.4) is 0 Å². The van der Waals surface area contributed by atoms with Gasteiger partial charge in [0.25, 0.3) is 0 Å². The fraction of sp³-hybridized carbons (Fsp3) is 0.364. The van der Waals surface area contributed by atoms with Crippen molar-refractivity contribution in [3.05, 3.63) is 34.3 Å². The average molecular weight is 276 g/mol. The maximum absolute atomic E-state index is 11.4. The number of hydrogen-bond acceptors (Lipinski definition) is 1. The monoisotopic (exact) mass is 274 g/mol. The Morgan fingerprint density at radius 3 is 2.71 bits per heavy atom. The van der Waals surface area contributed by atoms with Crippen LogP contribution >= 0.6 is 27.5 Å². The van der Waals surface area contributed by atoms with E-state index in [-0.39, 0.29) is 5.78 Å². The molecule has 0 fully saturated rings. The van der Waals surface area contributed by atoms with E-state index in [2.05, 4.69) is 22.9 Å². The van der Waals surface area contributed by atoms with E-state index in [1.165, 1.54) is 5.56 Å². The minimum absolute atomic E-state index is 0.0260. The van der Waals surface area contributed by atoms with Gasteiger partial charge in [0.05, 0.1) is 10.4 Å². The Morgan fingerprint density at radius 1 is 1.50 bits per heavy atom. The van der Waals surface area contributed by atoms with Gasteiger partial charge in [-0.2, -0.15) is 0 Å². The number of rotatable bonds is 4. The number of benzene rings is 1. The summed E-state index contributed by atoms with van der Waals surface area (Å²) in [6.07, 6.45) is 2.09. The van der Waals surface area contributed by atoms with Gasteiger partial charge in [0, 0.05) is 5.56 Å². The molecule has 1 aromatic carbocycles. The van der Waals surface area contributed by atoms with Crippen molar-refractivity contribution < 1.29 is 4.79 Å². The lowest BCUT2D eigenvalue weighted by Gasteiger charge is -2.04. The number of carbonyl (C=O) groups excluding carboxylic acids is 1. The quantitative estimate of drug-likeness (QED) is 0.602. The zero-order chi connectivity index (χ0) is 10.6. The van der Waals surface area contributed by atoms with Crippen LogP contribution in [-0.4, -0.2) is 11.1 Å². The van der Waals surface area contributed by atoms with Gasteiger partial charge >= 0.3 is 0 Å². The molecule has 1 aromatic rings. The summed E-state index contributed by atoms with van der Waals surface area (Å²) in [5.41, 5.74) is 1.78. The molecular formula is C11H12BrClO. The molecule has 1 nitrogen and oxygen atoms in total. The smallest absolute Gasteiger partial charge is 0.174 e. The zero-order valence-corrected chi connectivity index (χ0v) is 10.4. The Labute approximate surface area is 97.6 Å². The molecule has 0 atom stereocenters. The Balaban J connectivity index is 2.95. The van der Waals surface area contributed by atoms with Gasteiger partial charge in [-0.1, -0.05) is 46.9 Å². The topological polar surface area (TPSA) is 17.1 Å². The number of carbonyl (C=O) groups is 1. The molecule has 0 heterocycles. The second kappa shape index (κ2) is 5.52. The van der Waals surface area contributed by atoms with Gasteiger partial charge in [0.1, 0.15) is 0 Å². The second-order valence-corrected chi connectivity index (χ2v) is 4.09. The first-order valence-electron chi connectivity index (χ1n) is 4.56. The van der Waals surface area contributed by atoms with Crippen molar-refractivity contribution in [3.8, 4) is 0 Å². The molecule has 14 heavy (non-hydrogen) atoms. The van der Waals surface area contributed by atoms with E-state index in [9.17, 15) is 4.79 Å². The predicted molar refractivity (Wildman–Crippen MR) is 63.6 cm³/mol. The molecule has 0 aliphatic rings.